The summed E-state index contributed by atoms with van der Waals surface area (Å²) < 4.78 is 0. The van der Waals surface area contributed by atoms with Crippen molar-refractivity contribution in [2.75, 3.05) is 19.0 Å². The predicted molar refractivity (Wildman–Crippen MR) is 65.4 cm³/mol. The molecule has 3 rings (SSSR count). The quantitative estimate of drug-likeness (QED) is 0.717. The molecular weight excluding hydrogens is 198 g/mol. The van der Waals surface area contributed by atoms with Crippen molar-refractivity contribution in [3.63, 3.8) is 0 Å². The molecule has 0 radical (unpaired) electrons. The number of nitrogens with zero attached hydrogens (tertiary/aromatic N) is 1. The SMILES string of the molecule is CN(C)c1c2c(cc3c1C(=O)CC3)CCC2. The van der Waals surface area contributed by atoms with Crippen molar-refractivity contribution in [3.8, 4) is 0 Å². The van der Waals surface area contributed by atoms with Crippen molar-refractivity contribution in [2.45, 2.75) is 32.1 Å². The molecule has 2 aliphatic rings. The molecule has 0 spiro atoms. The van der Waals surface area contributed by atoms with Gasteiger partial charge in [0, 0.05) is 26.1 Å². The summed E-state index contributed by atoms with van der Waals surface area (Å²) >= 11 is 0. The average Bonchev–Trinajstić information content (AvgIpc) is 2.82. The van der Waals surface area contributed by atoms with E-state index >= 15 is 0 Å². The second-order valence-corrected chi connectivity index (χ2v) is 5.07. The molecule has 2 aliphatic carbocycles. The highest BCUT2D eigenvalue weighted by atomic mass is 16.1. The zero-order valence-corrected chi connectivity index (χ0v) is 9.97. The molecule has 84 valence electrons. The van der Waals surface area contributed by atoms with Crippen LogP contribution in [-0.4, -0.2) is 19.9 Å². The van der Waals surface area contributed by atoms with Crippen molar-refractivity contribution < 1.29 is 4.79 Å². The average molecular weight is 215 g/mol. The first-order valence-electron chi connectivity index (χ1n) is 6.06. The summed E-state index contributed by atoms with van der Waals surface area (Å²) in [4.78, 5) is 14.1. The fraction of sp³-hybridized carbons (Fsp3) is 0.500. The molecule has 0 aliphatic heterocycles. The van der Waals surface area contributed by atoms with Crippen LogP contribution in [-0.2, 0) is 19.3 Å². The van der Waals surface area contributed by atoms with E-state index in [9.17, 15) is 4.79 Å². The number of benzene rings is 1. The Morgan fingerprint density at radius 2 is 1.88 bits per heavy atom. The minimum absolute atomic E-state index is 0.341. The first-order valence-corrected chi connectivity index (χ1v) is 6.06. The van der Waals surface area contributed by atoms with Crippen LogP contribution < -0.4 is 4.90 Å². The highest BCUT2D eigenvalue weighted by Gasteiger charge is 2.29. The Hall–Kier alpha value is -1.31. The fourth-order valence-corrected chi connectivity index (χ4v) is 3.16. The Morgan fingerprint density at radius 1 is 1.06 bits per heavy atom. The van der Waals surface area contributed by atoms with E-state index in [1.54, 1.807) is 0 Å². The van der Waals surface area contributed by atoms with Gasteiger partial charge in [0.2, 0.25) is 0 Å². The van der Waals surface area contributed by atoms with Crippen LogP contribution in [0.15, 0.2) is 6.07 Å². The van der Waals surface area contributed by atoms with Gasteiger partial charge in [0.25, 0.3) is 0 Å². The van der Waals surface area contributed by atoms with E-state index in [-0.39, 0.29) is 0 Å². The highest BCUT2D eigenvalue weighted by Crippen LogP contribution is 2.39. The summed E-state index contributed by atoms with van der Waals surface area (Å²) in [7, 11) is 4.11. The number of anilines is 1. The van der Waals surface area contributed by atoms with Crippen LogP contribution >= 0.6 is 0 Å². The first kappa shape index (κ1) is 9.88. The Kier molecular flexibility index (Phi) is 2.06. The molecule has 0 aromatic heterocycles. The second-order valence-electron chi connectivity index (χ2n) is 5.07. The van der Waals surface area contributed by atoms with E-state index in [4.69, 9.17) is 0 Å². The molecule has 16 heavy (non-hydrogen) atoms. The minimum atomic E-state index is 0.341. The molecule has 0 amide bonds. The fourth-order valence-electron chi connectivity index (χ4n) is 3.16. The lowest BCUT2D eigenvalue weighted by Crippen LogP contribution is -2.15. The Labute approximate surface area is 96.3 Å². The number of Topliss-reactive ketones (excluding diaryl/α,β-unsaturated/α-hetero) is 1. The lowest BCUT2D eigenvalue weighted by molar-refractivity contribution is 0.0995. The monoisotopic (exact) mass is 215 g/mol. The third kappa shape index (κ3) is 1.22. The van der Waals surface area contributed by atoms with Crippen molar-refractivity contribution in [1.82, 2.24) is 0 Å². The summed E-state index contributed by atoms with van der Waals surface area (Å²) in [5.41, 5.74) is 6.43. The number of aryl methyl sites for hydroxylation is 2. The largest absolute Gasteiger partial charge is 0.377 e. The summed E-state index contributed by atoms with van der Waals surface area (Å²) in [6, 6.07) is 2.29. The Morgan fingerprint density at radius 3 is 2.62 bits per heavy atom. The van der Waals surface area contributed by atoms with E-state index in [0.29, 0.717) is 12.2 Å². The van der Waals surface area contributed by atoms with Crippen LogP contribution in [0, 0.1) is 0 Å². The van der Waals surface area contributed by atoms with Crippen molar-refractivity contribution in [1.29, 1.82) is 0 Å². The molecule has 0 atom stereocenters. The van der Waals surface area contributed by atoms with Gasteiger partial charge in [-0.2, -0.15) is 0 Å². The van der Waals surface area contributed by atoms with Gasteiger partial charge in [0.1, 0.15) is 0 Å². The molecule has 0 fully saturated rings. The molecule has 0 unspecified atom stereocenters. The van der Waals surface area contributed by atoms with Crippen LogP contribution in [0.4, 0.5) is 5.69 Å². The van der Waals surface area contributed by atoms with Crippen molar-refractivity contribution >= 4 is 11.5 Å². The Bertz CT molecular complexity index is 474. The second kappa shape index (κ2) is 3.34. The van der Waals surface area contributed by atoms with Gasteiger partial charge in [-0.1, -0.05) is 6.07 Å². The number of ketones is 1. The molecule has 0 N–H and O–H groups in total. The molecule has 0 bridgehead atoms. The lowest BCUT2D eigenvalue weighted by atomic mass is 9.98. The van der Waals surface area contributed by atoms with Crippen LogP contribution in [0.5, 0.6) is 0 Å². The highest BCUT2D eigenvalue weighted by molar-refractivity contribution is 6.06. The van der Waals surface area contributed by atoms with Crippen molar-refractivity contribution in [2.24, 2.45) is 0 Å². The number of hydrogen-bond acceptors (Lipinski definition) is 2. The maximum Gasteiger partial charge on any atom is 0.165 e. The molecule has 1 aromatic carbocycles. The third-order valence-electron chi connectivity index (χ3n) is 3.80. The van der Waals surface area contributed by atoms with E-state index in [2.05, 4.69) is 25.1 Å². The van der Waals surface area contributed by atoms with E-state index in [0.717, 1.165) is 18.4 Å². The first-order chi connectivity index (χ1) is 7.68. The maximum absolute atomic E-state index is 12.0. The summed E-state index contributed by atoms with van der Waals surface area (Å²) in [5, 5.41) is 0. The van der Waals surface area contributed by atoms with Crippen LogP contribution in [0.2, 0.25) is 0 Å². The Balaban J connectivity index is 2.30. The van der Waals surface area contributed by atoms with Gasteiger partial charge in [-0.05, 0) is 42.4 Å². The van der Waals surface area contributed by atoms with Crippen molar-refractivity contribution in [3.05, 3.63) is 28.3 Å². The number of fused-ring (bicyclic) bond motifs is 2. The standard InChI is InChI=1S/C14H17NO/c1-15(2)14-11-5-3-4-9(11)8-10-6-7-12(16)13(10)14/h8H,3-7H2,1-2H3. The van der Waals surface area contributed by atoms with Gasteiger partial charge in [0.05, 0.1) is 5.69 Å². The number of carbonyl (C=O) groups excluding carboxylic acids is 1. The molecule has 2 heteroatoms. The van der Waals surface area contributed by atoms with E-state index in [1.807, 2.05) is 0 Å². The smallest absolute Gasteiger partial charge is 0.165 e. The summed E-state index contributed by atoms with van der Waals surface area (Å²) in [6.45, 7) is 0. The molecular formula is C14H17NO. The van der Waals surface area contributed by atoms with Gasteiger partial charge >= 0.3 is 0 Å². The molecule has 2 nitrogen and oxygen atoms in total. The number of hydrogen-bond donors (Lipinski definition) is 0. The van der Waals surface area contributed by atoms with Crippen LogP contribution in [0.3, 0.4) is 0 Å². The number of rotatable bonds is 1. The summed E-state index contributed by atoms with van der Waals surface area (Å²) in [5.74, 6) is 0.341. The molecule has 0 heterocycles. The third-order valence-corrected chi connectivity index (χ3v) is 3.80. The predicted octanol–water partition coefficient (Wildman–Crippen LogP) is 2.37. The zero-order chi connectivity index (χ0) is 11.3. The van der Waals surface area contributed by atoms with E-state index in [1.165, 1.54) is 35.2 Å². The topological polar surface area (TPSA) is 20.3 Å². The zero-order valence-electron chi connectivity index (χ0n) is 9.97. The van der Waals surface area contributed by atoms with Gasteiger partial charge in [0.15, 0.2) is 5.78 Å². The molecule has 0 saturated heterocycles. The van der Waals surface area contributed by atoms with Gasteiger partial charge in [-0.3, -0.25) is 4.79 Å². The minimum Gasteiger partial charge on any atom is -0.377 e. The lowest BCUT2D eigenvalue weighted by Gasteiger charge is -2.21. The maximum atomic E-state index is 12.0. The molecule has 0 saturated carbocycles. The van der Waals surface area contributed by atoms with Gasteiger partial charge < -0.3 is 4.90 Å². The van der Waals surface area contributed by atoms with Gasteiger partial charge in [-0.15, -0.1) is 0 Å². The van der Waals surface area contributed by atoms with E-state index < -0.39 is 0 Å². The van der Waals surface area contributed by atoms with Gasteiger partial charge in [-0.25, -0.2) is 0 Å². The normalized spacial score (nSPS) is 17.5. The van der Waals surface area contributed by atoms with Crippen LogP contribution in [0.1, 0.15) is 39.9 Å². The van der Waals surface area contributed by atoms with Crippen LogP contribution in [0.25, 0.3) is 0 Å². The summed E-state index contributed by atoms with van der Waals surface area (Å²) in [6.07, 6.45) is 5.23. The number of carbonyl (C=O) groups is 1. The molecule has 1 aromatic rings.